The quantitative estimate of drug-likeness (QED) is 0.127. The van der Waals surface area contributed by atoms with Gasteiger partial charge in [0.05, 0.1) is 37.1 Å². The van der Waals surface area contributed by atoms with Crippen LogP contribution in [0.4, 0.5) is 0 Å². The van der Waals surface area contributed by atoms with E-state index < -0.39 is 47.7 Å². The first kappa shape index (κ1) is 37.8. The van der Waals surface area contributed by atoms with Gasteiger partial charge in [0.25, 0.3) is 0 Å². The third-order valence-electron chi connectivity index (χ3n) is 9.92. The molecule has 0 aromatic heterocycles. The molecule has 11 heteroatoms. The molecule has 3 fully saturated rings. The lowest BCUT2D eigenvalue weighted by atomic mass is 9.70. The molecule has 2 bridgehead atoms. The molecule has 1 spiro atoms. The minimum atomic E-state index is -1.30. The van der Waals surface area contributed by atoms with Crippen LogP contribution in [0.3, 0.4) is 0 Å². The number of esters is 1. The number of hydrogen-bond donors (Lipinski definition) is 2. The first-order valence-corrected chi connectivity index (χ1v) is 18.2. The highest BCUT2D eigenvalue weighted by Crippen LogP contribution is 2.61. The number of nitrogens with one attached hydrogen (secondary N) is 1. The Bertz CT molecular complexity index is 1330. The maximum Gasteiger partial charge on any atom is 0.313 e. The summed E-state index contributed by atoms with van der Waals surface area (Å²) in [4.78, 5) is 59.2. The second-order valence-corrected chi connectivity index (χ2v) is 14.9. The first-order valence-electron chi connectivity index (χ1n) is 17.2. The van der Waals surface area contributed by atoms with Gasteiger partial charge in [0.1, 0.15) is 17.7 Å². The molecule has 4 rings (SSSR count). The van der Waals surface area contributed by atoms with Gasteiger partial charge >= 0.3 is 5.97 Å². The fourth-order valence-electron chi connectivity index (χ4n) is 7.83. The van der Waals surface area contributed by atoms with E-state index in [2.05, 4.69) is 41.3 Å². The number of carbonyl (C=O) groups is 4. The molecule has 3 aliphatic rings. The summed E-state index contributed by atoms with van der Waals surface area (Å²) < 4.78 is 12.9. The molecule has 1 aromatic carbocycles. The highest BCUT2D eigenvalue weighted by Gasteiger charge is 2.77. The Morgan fingerprint density at radius 3 is 2.52 bits per heavy atom. The predicted molar refractivity (Wildman–Crippen MR) is 187 cm³/mol. The van der Waals surface area contributed by atoms with E-state index in [0.29, 0.717) is 24.8 Å². The van der Waals surface area contributed by atoms with Crippen molar-refractivity contribution in [2.45, 2.75) is 107 Å². The molecule has 0 aliphatic carbocycles. The van der Waals surface area contributed by atoms with Gasteiger partial charge < -0.3 is 29.7 Å². The molecule has 48 heavy (non-hydrogen) atoms. The molecule has 3 amide bonds. The number of halogens is 1. The minimum absolute atomic E-state index is 0.0471. The van der Waals surface area contributed by atoms with E-state index in [9.17, 15) is 24.3 Å². The van der Waals surface area contributed by atoms with Gasteiger partial charge in [-0.3, -0.25) is 19.2 Å². The molecule has 2 unspecified atom stereocenters. The molecule has 3 aliphatic heterocycles. The average molecular weight is 731 g/mol. The average Bonchev–Trinajstić information content (AvgIpc) is 3.66. The number of rotatable bonds is 18. The van der Waals surface area contributed by atoms with Crippen LogP contribution in [0.25, 0.3) is 0 Å². The number of alkyl halides is 1. The van der Waals surface area contributed by atoms with Crippen molar-refractivity contribution in [3.05, 3.63) is 61.2 Å². The Morgan fingerprint density at radius 2 is 1.92 bits per heavy atom. The van der Waals surface area contributed by atoms with E-state index in [4.69, 9.17) is 9.47 Å². The van der Waals surface area contributed by atoms with Gasteiger partial charge in [0, 0.05) is 23.8 Å². The van der Waals surface area contributed by atoms with Crippen molar-refractivity contribution in [3.63, 3.8) is 0 Å². The predicted octanol–water partition coefficient (Wildman–Crippen LogP) is 4.71. The summed E-state index contributed by atoms with van der Waals surface area (Å²) in [6, 6.07) is 7.33. The van der Waals surface area contributed by atoms with Gasteiger partial charge in [0.2, 0.25) is 17.7 Å². The summed E-state index contributed by atoms with van der Waals surface area (Å²) in [5.74, 6) is -3.33. The zero-order valence-corrected chi connectivity index (χ0v) is 30.3. The number of likely N-dealkylation sites (tertiary alicyclic amines) is 1. The van der Waals surface area contributed by atoms with Crippen LogP contribution in [0.1, 0.15) is 77.9 Å². The first-order chi connectivity index (χ1) is 22.9. The summed E-state index contributed by atoms with van der Waals surface area (Å²) in [5.41, 5.74) is -0.605. The summed E-state index contributed by atoms with van der Waals surface area (Å²) in [6.45, 7) is 15.6. The van der Waals surface area contributed by atoms with E-state index in [1.165, 1.54) is 4.90 Å². The van der Waals surface area contributed by atoms with Crippen LogP contribution >= 0.6 is 15.9 Å². The topological polar surface area (TPSA) is 125 Å². The van der Waals surface area contributed by atoms with Gasteiger partial charge in [-0.15, -0.1) is 13.2 Å². The highest BCUT2D eigenvalue weighted by atomic mass is 79.9. The summed E-state index contributed by atoms with van der Waals surface area (Å²) in [6.07, 6.45) is 5.04. The SMILES string of the molecule is C=CCCC(=O)NC[C@H](OC(=O)[C@@H]1[C@H]2O[C@@]3(CC2Br)[C@H](C(=O)N(CC=C)C(C)CCC)N([C@@H](CO)CC(C)C)C(=O)[C@@H]13)c1ccccc1. The fourth-order valence-corrected chi connectivity index (χ4v) is 8.77. The molecule has 2 N–H and O–H groups in total. The molecule has 1 aromatic rings. The summed E-state index contributed by atoms with van der Waals surface area (Å²) in [7, 11) is 0. The van der Waals surface area contributed by atoms with Crippen LogP contribution in [0.5, 0.6) is 0 Å². The third-order valence-corrected chi connectivity index (χ3v) is 10.8. The number of amides is 3. The Labute approximate surface area is 293 Å². The van der Waals surface area contributed by atoms with Crippen LogP contribution in [-0.4, -0.2) is 93.0 Å². The highest BCUT2D eigenvalue weighted by molar-refractivity contribution is 9.09. The number of carbonyl (C=O) groups excluding carboxylic acids is 4. The largest absolute Gasteiger partial charge is 0.455 e. The van der Waals surface area contributed by atoms with Crippen molar-refractivity contribution in [1.82, 2.24) is 15.1 Å². The number of aliphatic hydroxyl groups excluding tert-OH is 1. The Balaban J connectivity index is 1.73. The fraction of sp³-hybridized carbons (Fsp3) is 0.622. The molecule has 9 atom stereocenters. The molecular formula is C37H52BrN3O7. The van der Waals surface area contributed by atoms with E-state index in [-0.39, 0.29) is 60.6 Å². The van der Waals surface area contributed by atoms with Crippen molar-refractivity contribution in [3.8, 4) is 0 Å². The smallest absolute Gasteiger partial charge is 0.313 e. The second-order valence-electron chi connectivity index (χ2n) is 13.8. The minimum Gasteiger partial charge on any atom is -0.455 e. The van der Waals surface area contributed by atoms with E-state index in [1.807, 2.05) is 51.1 Å². The van der Waals surface area contributed by atoms with Crippen molar-refractivity contribution >= 4 is 39.6 Å². The summed E-state index contributed by atoms with van der Waals surface area (Å²) >= 11 is 3.73. The van der Waals surface area contributed by atoms with Gasteiger partial charge in [-0.25, -0.2) is 0 Å². The number of hydrogen-bond acceptors (Lipinski definition) is 7. The van der Waals surface area contributed by atoms with Crippen molar-refractivity contribution < 1.29 is 33.8 Å². The van der Waals surface area contributed by atoms with Crippen molar-refractivity contribution in [2.75, 3.05) is 19.7 Å². The number of nitrogens with zero attached hydrogens (tertiary/aromatic N) is 2. The number of fused-ring (bicyclic) bond motifs is 1. The molecule has 3 saturated heterocycles. The Kier molecular flexibility index (Phi) is 13.1. The second kappa shape index (κ2) is 16.6. The summed E-state index contributed by atoms with van der Waals surface area (Å²) in [5, 5.41) is 13.5. The van der Waals surface area contributed by atoms with Crippen molar-refractivity contribution in [1.29, 1.82) is 0 Å². The van der Waals surface area contributed by atoms with E-state index in [1.54, 1.807) is 17.1 Å². The van der Waals surface area contributed by atoms with E-state index >= 15 is 0 Å². The van der Waals surface area contributed by atoms with Crippen LogP contribution in [0.2, 0.25) is 0 Å². The Hall–Kier alpha value is -3.02. The molecule has 264 valence electrons. The number of benzene rings is 1. The number of aliphatic hydroxyl groups is 1. The van der Waals surface area contributed by atoms with Gasteiger partial charge in [-0.1, -0.05) is 85.6 Å². The number of ether oxygens (including phenoxy) is 2. The zero-order valence-electron chi connectivity index (χ0n) is 28.7. The third kappa shape index (κ3) is 7.58. The van der Waals surface area contributed by atoms with Crippen LogP contribution in [0, 0.1) is 17.8 Å². The molecule has 10 nitrogen and oxygen atoms in total. The van der Waals surface area contributed by atoms with Crippen LogP contribution < -0.4 is 5.32 Å². The molecular weight excluding hydrogens is 678 g/mol. The number of allylic oxidation sites excluding steroid dienone is 1. The zero-order chi connectivity index (χ0) is 35.2. The Morgan fingerprint density at radius 1 is 1.21 bits per heavy atom. The monoisotopic (exact) mass is 729 g/mol. The lowest BCUT2D eigenvalue weighted by Gasteiger charge is -2.41. The molecule has 3 heterocycles. The lowest BCUT2D eigenvalue weighted by molar-refractivity contribution is -0.161. The molecule has 0 radical (unpaired) electrons. The maximum absolute atomic E-state index is 14.8. The normalized spacial score (nSPS) is 27.7. The lowest BCUT2D eigenvalue weighted by Crippen LogP contribution is -2.60. The van der Waals surface area contributed by atoms with Crippen LogP contribution in [-0.2, 0) is 28.7 Å². The van der Waals surface area contributed by atoms with Gasteiger partial charge in [0.15, 0.2) is 0 Å². The van der Waals surface area contributed by atoms with E-state index in [0.717, 1.165) is 12.8 Å². The van der Waals surface area contributed by atoms with Crippen LogP contribution in [0.15, 0.2) is 55.6 Å². The maximum atomic E-state index is 14.8. The molecule has 0 saturated carbocycles. The standard InChI is InChI=1S/C37H52BrN3O7/c1-7-10-17-29(43)39-21-28(25-15-12-11-13-16-25)47-36(46)30-31-34(44)41(26(22-42)19-23(4)5)33(37(31)20-27(38)32(30)48-37)35(45)40(18-9-3)24(6)14-8-2/h7,9,11-13,15-16,23-24,26-28,30-33,42H,1,3,8,10,14,17-22H2,2,4-6H3,(H,39,43)/t24?,26-,27?,28+,30+,31-,32+,33+,37-/m1/s1. The van der Waals surface area contributed by atoms with Gasteiger partial charge in [-0.05, 0) is 44.1 Å². The van der Waals surface area contributed by atoms with Crippen molar-refractivity contribution in [2.24, 2.45) is 17.8 Å². The van der Waals surface area contributed by atoms with Gasteiger partial charge in [-0.2, -0.15) is 0 Å².